The van der Waals surface area contributed by atoms with Crippen LogP contribution in [-0.4, -0.2) is 44.7 Å². The zero-order chi connectivity index (χ0) is 16.9. The lowest BCUT2D eigenvalue weighted by atomic mass is 10.1. The van der Waals surface area contributed by atoms with Crippen molar-refractivity contribution in [2.45, 2.75) is 38.8 Å². The molecule has 1 atom stereocenters. The number of hydrogen-bond acceptors (Lipinski definition) is 4. The van der Waals surface area contributed by atoms with Crippen LogP contribution in [0.1, 0.15) is 41.6 Å². The number of nitrogens with zero attached hydrogens (tertiary/aromatic N) is 4. The van der Waals surface area contributed by atoms with Gasteiger partial charge >= 0.3 is 0 Å². The molecule has 1 amide bonds. The number of carbonyl (C=O) groups excluding carboxylic acids is 1. The fourth-order valence-corrected chi connectivity index (χ4v) is 3.21. The molecule has 0 bridgehead atoms. The first-order chi connectivity index (χ1) is 11.7. The van der Waals surface area contributed by atoms with Crippen LogP contribution < -0.4 is 5.32 Å². The Kier molecular flexibility index (Phi) is 5.25. The first kappa shape index (κ1) is 16.6. The van der Waals surface area contributed by atoms with Crippen LogP contribution in [-0.2, 0) is 20.0 Å². The van der Waals surface area contributed by atoms with Gasteiger partial charge in [-0.25, -0.2) is 0 Å². The molecule has 0 saturated carbocycles. The summed E-state index contributed by atoms with van der Waals surface area (Å²) in [6.07, 6.45) is 4.76. The smallest absolute Gasteiger partial charge is 0.269 e. The predicted molar refractivity (Wildman–Crippen MR) is 92.6 cm³/mol. The lowest BCUT2D eigenvalue weighted by Crippen LogP contribution is -2.47. The summed E-state index contributed by atoms with van der Waals surface area (Å²) in [4.78, 5) is 19.3. The van der Waals surface area contributed by atoms with Crippen molar-refractivity contribution in [3.8, 4) is 0 Å². The maximum Gasteiger partial charge on any atom is 0.269 e. The Balaban J connectivity index is 1.58. The number of amides is 1. The molecule has 0 spiro atoms. The van der Waals surface area contributed by atoms with Crippen molar-refractivity contribution in [2.24, 2.45) is 7.05 Å². The van der Waals surface area contributed by atoms with Gasteiger partial charge in [-0.05, 0) is 44.0 Å². The van der Waals surface area contributed by atoms with Crippen LogP contribution in [0.4, 0.5) is 0 Å². The summed E-state index contributed by atoms with van der Waals surface area (Å²) in [5, 5.41) is 7.52. The van der Waals surface area contributed by atoms with Crippen LogP contribution in [0.2, 0.25) is 0 Å². The molecule has 1 aliphatic heterocycles. The first-order valence-corrected chi connectivity index (χ1v) is 8.61. The van der Waals surface area contributed by atoms with Crippen molar-refractivity contribution in [2.75, 3.05) is 13.1 Å². The number of piperidine rings is 1. The highest BCUT2D eigenvalue weighted by atomic mass is 16.2. The first-order valence-electron chi connectivity index (χ1n) is 8.61. The number of likely N-dealkylation sites (tertiary alicyclic amines) is 1. The van der Waals surface area contributed by atoms with E-state index in [9.17, 15) is 4.79 Å². The highest BCUT2D eigenvalue weighted by molar-refractivity contribution is 5.92. The average Bonchev–Trinajstić information content (AvgIpc) is 2.97. The fraction of sp³-hybridized carbons (Fsp3) is 0.500. The fourth-order valence-electron chi connectivity index (χ4n) is 3.21. The molecule has 3 heterocycles. The molecule has 128 valence electrons. The van der Waals surface area contributed by atoms with Crippen molar-refractivity contribution < 1.29 is 4.79 Å². The van der Waals surface area contributed by atoms with Crippen LogP contribution in [0.3, 0.4) is 0 Å². The number of pyridine rings is 1. The van der Waals surface area contributed by atoms with Crippen molar-refractivity contribution in [1.29, 1.82) is 0 Å². The zero-order valence-electron chi connectivity index (χ0n) is 14.4. The van der Waals surface area contributed by atoms with Gasteiger partial charge in [-0.3, -0.25) is 19.4 Å². The molecule has 1 aliphatic rings. The summed E-state index contributed by atoms with van der Waals surface area (Å²) in [5.41, 5.74) is 2.65. The Hall–Kier alpha value is -2.21. The van der Waals surface area contributed by atoms with E-state index in [2.05, 4.69) is 20.3 Å². The standard InChI is InChI=1S/C18H25N5O/c1-3-14-11-17(22(2)21-14)18(24)20-16-8-6-10-23(13-16)12-15-7-4-5-9-19-15/h4-5,7,9,11,16H,3,6,8,10,12-13H2,1-2H3,(H,20,24). The van der Waals surface area contributed by atoms with Crippen molar-refractivity contribution in [1.82, 2.24) is 25.0 Å². The number of carbonyl (C=O) groups is 1. The molecule has 24 heavy (non-hydrogen) atoms. The lowest BCUT2D eigenvalue weighted by Gasteiger charge is -2.32. The molecule has 1 saturated heterocycles. The molecule has 2 aromatic heterocycles. The number of aryl methyl sites for hydroxylation is 2. The maximum absolute atomic E-state index is 12.5. The van der Waals surface area contributed by atoms with Crippen LogP contribution in [0, 0.1) is 0 Å². The Morgan fingerprint density at radius 3 is 2.96 bits per heavy atom. The second kappa shape index (κ2) is 7.57. The van der Waals surface area contributed by atoms with E-state index in [1.54, 1.807) is 4.68 Å². The van der Waals surface area contributed by atoms with Gasteiger partial charge in [-0.15, -0.1) is 0 Å². The van der Waals surface area contributed by atoms with Crippen molar-refractivity contribution >= 4 is 5.91 Å². The maximum atomic E-state index is 12.5. The van der Waals surface area contributed by atoms with E-state index in [-0.39, 0.29) is 11.9 Å². The molecular formula is C18H25N5O. The summed E-state index contributed by atoms with van der Waals surface area (Å²) < 4.78 is 1.67. The Morgan fingerprint density at radius 1 is 1.38 bits per heavy atom. The quantitative estimate of drug-likeness (QED) is 0.909. The van der Waals surface area contributed by atoms with Gasteiger partial charge in [0.1, 0.15) is 5.69 Å². The van der Waals surface area contributed by atoms with E-state index in [4.69, 9.17) is 0 Å². The average molecular weight is 327 g/mol. The highest BCUT2D eigenvalue weighted by Gasteiger charge is 2.23. The third kappa shape index (κ3) is 4.00. The highest BCUT2D eigenvalue weighted by Crippen LogP contribution is 2.14. The summed E-state index contributed by atoms with van der Waals surface area (Å²) in [6, 6.07) is 8.05. The van der Waals surface area contributed by atoms with Crippen molar-refractivity contribution in [3.63, 3.8) is 0 Å². The number of nitrogens with one attached hydrogen (secondary N) is 1. The molecule has 6 heteroatoms. The lowest BCUT2D eigenvalue weighted by molar-refractivity contribution is 0.0891. The molecule has 0 radical (unpaired) electrons. The Bertz CT molecular complexity index is 682. The Labute approximate surface area is 142 Å². The van der Waals surface area contributed by atoms with Crippen LogP contribution in [0.25, 0.3) is 0 Å². The molecule has 0 aromatic carbocycles. The molecular weight excluding hydrogens is 302 g/mol. The molecule has 0 aliphatic carbocycles. The molecule has 1 unspecified atom stereocenters. The van der Waals surface area contributed by atoms with Crippen LogP contribution >= 0.6 is 0 Å². The Morgan fingerprint density at radius 2 is 2.25 bits per heavy atom. The zero-order valence-corrected chi connectivity index (χ0v) is 14.4. The van der Waals surface area contributed by atoms with Gasteiger partial charge < -0.3 is 5.32 Å². The van der Waals surface area contributed by atoms with Gasteiger partial charge in [-0.2, -0.15) is 5.10 Å². The minimum Gasteiger partial charge on any atom is -0.347 e. The summed E-state index contributed by atoms with van der Waals surface area (Å²) in [6.45, 7) is 4.79. The van der Waals surface area contributed by atoms with Gasteiger partial charge in [-0.1, -0.05) is 13.0 Å². The number of rotatable bonds is 5. The SMILES string of the molecule is CCc1cc(C(=O)NC2CCCN(Cc3ccccn3)C2)n(C)n1. The van der Waals surface area contributed by atoms with E-state index >= 15 is 0 Å². The monoisotopic (exact) mass is 327 g/mol. The van der Waals surface area contributed by atoms with E-state index in [0.717, 1.165) is 50.3 Å². The minimum atomic E-state index is -0.0330. The molecule has 1 N–H and O–H groups in total. The second-order valence-corrected chi connectivity index (χ2v) is 6.37. The van der Waals surface area contributed by atoms with E-state index in [0.29, 0.717) is 5.69 Å². The minimum absolute atomic E-state index is 0.0330. The van der Waals surface area contributed by atoms with Gasteiger partial charge in [0.25, 0.3) is 5.91 Å². The van der Waals surface area contributed by atoms with Gasteiger partial charge in [0.15, 0.2) is 0 Å². The number of aromatic nitrogens is 3. The van der Waals surface area contributed by atoms with E-state index < -0.39 is 0 Å². The summed E-state index contributed by atoms with van der Waals surface area (Å²) >= 11 is 0. The van der Waals surface area contributed by atoms with Gasteiger partial charge in [0.05, 0.1) is 11.4 Å². The van der Waals surface area contributed by atoms with Gasteiger partial charge in [0, 0.05) is 32.4 Å². The van der Waals surface area contributed by atoms with Gasteiger partial charge in [0.2, 0.25) is 0 Å². The molecule has 3 rings (SSSR count). The summed E-state index contributed by atoms with van der Waals surface area (Å²) in [5.74, 6) is -0.0330. The summed E-state index contributed by atoms with van der Waals surface area (Å²) in [7, 11) is 1.82. The molecule has 6 nitrogen and oxygen atoms in total. The molecule has 1 fully saturated rings. The normalized spacial score (nSPS) is 18.5. The van der Waals surface area contributed by atoms with Crippen molar-refractivity contribution in [3.05, 3.63) is 47.5 Å². The van der Waals surface area contributed by atoms with Crippen LogP contribution in [0.15, 0.2) is 30.5 Å². The van der Waals surface area contributed by atoms with Crippen LogP contribution in [0.5, 0.6) is 0 Å². The van der Waals surface area contributed by atoms with E-state index in [1.165, 1.54) is 0 Å². The number of hydrogen-bond donors (Lipinski definition) is 1. The third-order valence-electron chi connectivity index (χ3n) is 4.48. The third-order valence-corrected chi connectivity index (χ3v) is 4.48. The molecule has 2 aromatic rings. The second-order valence-electron chi connectivity index (χ2n) is 6.37. The largest absolute Gasteiger partial charge is 0.347 e. The topological polar surface area (TPSA) is 63.1 Å². The predicted octanol–water partition coefficient (Wildman–Crippen LogP) is 1.77. The van der Waals surface area contributed by atoms with E-state index in [1.807, 2.05) is 44.4 Å².